The predicted octanol–water partition coefficient (Wildman–Crippen LogP) is -4.16. The fourth-order valence-corrected chi connectivity index (χ4v) is 0.400. The van der Waals surface area contributed by atoms with Crippen LogP contribution in [0.5, 0.6) is 0 Å². The van der Waals surface area contributed by atoms with E-state index < -0.39 is 0 Å². The molecular formula is C3H7KN2O2. The van der Waals surface area contributed by atoms with Crippen LogP contribution in [-0.4, -0.2) is 17.9 Å². The van der Waals surface area contributed by atoms with Gasteiger partial charge in [-0.15, -0.1) is 0 Å². The molecule has 0 aromatic carbocycles. The van der Waals surface area contributed by atoms with E-state index in [-0.39, 0.29) is 62.8 Å². The summed E-state index contributed by atoms with van der Waals surface area (Å²) in [6, 6.07) is 0. The number of carbonyl (C=O) groups is 1. The van der Waals surface area contributed by atoms with Crippen molar-refractivity contribution >= 4 is 5.91 Å². The Balaban J connectivity index is 0. The van der Waals surface area contributed by atoms with E-state index in [1.807, 2.05) is 0 Å². The molecule has 1 rings (SSSR count). The largest absolute Gasteiger partial charge is 1.00 e. The third-order valence-electron chi connectivity index (χ3n) is 0.705. The summed E-state index contributed by atoms with van der Waals surface area (Å²) < 4.78 is 0. The Kier molecular flexibility index (Phi) is 9.06. The average molecular weight is 142 g/mol. The van der Waals surface area contributed by atoms with Gasteiger partial charge in [-0.25, -0.2) is 5.43 Å². The fourth-order valence-electron chi connectivity index (χ4n) is 0.400. The predicted molar refractivity (Wildman–Crippen MR) is 22.7 cm³/mol. The molecule has 1 fully saturated rings. The maximum absolute atomic E-state index is 10.1. The molecule has 4 nitrogen and oxygen atoms in total. The van der Waals surface area contributed by atoms with Gasteiger partial charge in [-0.05, 0) is 0 Å². The smallest absolute Gasteiger partial charge is 0.870 e. The van der Waals surface area contributed by atoms with Crippen LogP contribution in [0.25, 0.3) is 0 Å². The molecule has 0 aromatic heterocycles. The van der Waals surface area contributed by atoms with Gasteiger partial charge in [0.2, 0.25) is 5.91 Å². The number of amides is 1. The summed E-state index contributed by atoms with van der Waals surface area (Å²) in [6.45, 7) is 0.777. The van der Waals surface area contributed by atoms with E-state index in [1.54, 1.807) is 0 Å². The minimum absolute atomic E-state index is 0. The number of hydrazine groups is 1. The van der Waals surface area contributed by atoms with Crippen molar-refractivity contribution in [2.24, 2.45) is 0 Å². The zero-order valence-electron chi connectivity index (χ0n) is 4.77. The maximum Gasteiger partial charge on any atom is 1.00 e. The molecule has 0 saturated carbocycles. The average Bonchev–Trinajstić information content (AvgIpc) is 1.86. The summed E-state index contributed by atoms with van der Waals surface area (Å²) in [5, 5.41) is 0. The second-order valence-corrected chi connectivity index (χ2v) is 1.22. The third-order valence-corrected chi connectivity index (χ3v) is 0.705. The van der Waals surface area contributed by atoms with Gasteiger partial charge in [0.1, 0.15) is 0 Å². The van der Waals surface area contributed by atoms with Crippen molar-refractivity contribution in [3.63, 3.8) is 0 Å². The van der Waals surface area contributed by atoms with Crippen LogP contribution in [0, 0.1) is 0 Å². The Bertz CT molecular complexity index is 69.7. The molecule has 1 heterocycles. The molecule has 0 unspecified atom stereocenters. The first-order chi connectivity index (χ1) is 2.89. The Morgan fingerprint density at radius 1 is 1.50 bits per heavy atom. The van der Waals surface area contributed by atoms with Gasteiger partial charge in [0, 0.05) is 13.0 Å². The molecule has 1 aliphatic rings. The molecule has 0 spiro atoms. The van der Waals surface area contributed by atoms with Gasteiger partial charge < -0.3 is 5.48 Å². The molecule has 0 atom stereocenters. The third kappa shape index (κ3) is 3.96. The number of nitrogens with one attached hydrogen (secondary N) is 2. The van der Waals surface area contributed by atoms with Gasteiger partial charge in [0.05, 0.1) is 0 Å². The van der Waals surface area contributed by atoms with Gasteiger partial charge in [-0.2, -0.15) is 0 Å². The second-order valence-electron chi connectivity index (χ2n) is 1.22. The van der Waals surface area contributed by atoms with Crippen molar-refractivity contribution < 1.29 is 61.7 Å². The monoisotopic (exact) mass is 142 g/mol. The SMILES string of the molecule is O=C1CCNN1.[K+].[OH-]. The minimum Gasteiger partial charge on any atom is -0.870 e. The summed E-state index contributed by atoms with van der Waals surface area (Å²) in [6.07, 6.45) is 0.625. The first-order valence-electron chi connectivity index (χ1n) is 1.91. The molecule has 0 radical (unpaired) electrons. The minimum atomic E-state index is 0. The van der Waals surface area contributed by atoms with Crippen LogP contribution in [0.4, 0.5) is 0 Å². The molecule has 1 saturated heterocycles. The van der Waals surface area contributed by atoms with E-state index in [4.69, 9.17) is 0 Å². The number of carbonyl (C=O) groups excluding carboxylic acids is 1. The summed E-state index contributed by atoms with van der Waals surface area (Å²) in [4.78, 5) is 10.1. The first-order valence-corrected chi connectivity index (χ1v) is 1.91. The Morgan fingerprint density at radius 3 is 2.25 bits per heavy atom. The second kappa shape index (κ2) is 6.15. The van der Waals surface area contributed by atoms with Crippen molar-refractivity contribution in [1.82, 2.24) is 10.9 Å². The molecule has 3 N–H and O–H groups in total. The summed E-state index contributed by atoms with van der Waals surface area (Å²) in [7, 11) is 0. The molecule has 1 amide bonds. The molecule has 42 valence electrons. The van der Waals surface area contributed by atoms with Gasteiger partial charge >= 0.3 is 51.4 Å². The van der Waals surface area contributed by atoms with Crippen LogP contribution in [0.1, 0.15) is 6.42 Å². The molecule has 8 heavy (non-hydrogen) atoms. The molecule has 0 aliphatic carbocycles. The van der Waals surface area contributed by atoms with Crippen LogP contribution in [-0.2, 0) is 4.79 Å². The van der Waals surface area contributed by atoms with Crippen LogP contribution in [0.3, 0.4) is 0 Å². The summed E-state index contributed by atoms with van der Waals surface area (Å²) in [5.74, 6) is 0.0926. The van der Waals surface area contributed by atoms with Crippen molar-refractivity contribution in [3.8, 4) is 0 Å². The zero-order valence-corrected chi connectivity index (χ0v) is 7.89. The van der Waals surface area contributed by atoms with E-state index >= 15 is 0 Å². The zero-order chi connectivity index (χ0) is 4.41. The topological polar surface area (TPSA) is 71.1 Å². The first kappa shape index (κ1) is 11.8. The fraction of sp³-hybridized carbons (Fsp3) is 0.667. The number of hydrogen-bond donors (Lipinski definition) is 2. The van der Waals surface area contributed by atoms with E-state index in [0.717, 1.165) is 6.54 Å². The number of hydrogen-bond acceptors (Lipinski definition) is 3. The van der Waals surface area contributed by atoms with Gasteiger partial charge in [0.25, 0.3) is 0 Å². The number of rotatable bonds is 0. The van der Waals surface area contributed by atoms with E-state index in [9.17, 15) is 4.79 Å². The van der Waals surface area contributed by atoms with Gasteiger partial charge in [-0.1, -0.05) is 0 Å². The van der Waals surface area contributed by atoms with Crippen LogP contribution in [0.15, 0.2) is 0 Å². The molecule has 0 aromatic rings. The molecule has 5 heteroatoms. The van der Waals surface area contributed by atoms with Crippen LogP contribution in [0.2, 0.25) is 0 Å². The van der Waals surface area contributed by atoms with Crippen LogP contribution < -0.4 is 62.2 Å². The normalized spacial score (nSPS) is 15.8. The standard InChI is InChI=1S/C3H6N2O.K.H2O/c6-3-1-2-4-5-3;;/h4H,1-2H2,(H,5,6);;1H2/q;+1;/p-1. The summed E-state index contributed by atoms with van der Waals surface area (Å²) in [5.41, 5.74) is 5.10. The van der Waals surface area contributed by atoms with Crippen LogP contribution >= 0.6 is 0 Å². The van der Waals surface area contributed by atoms with E-state index in [2.05, 4.69) is 10.9 Å². The van der Waals surface area contributed by atoms with Gasteiger partial charge in [0.15, 0.2) is 0 Å². The Hall–Kier alpha value is 1.03. The van der Waals surface area contributed by atoms with E-state index in [1.165, 1.54) is 0 Å². The maximum atomic E-state index is 10.1. The Labute approximate surface area is 90.1 Å². The quantitative estimate of drug-likeness (QED) is 0.337. The van der Waals surface area contributed by atoms with Crippen molar-refractivity contribution in [2.75, 3.05) is 6.54 Å². The Morgan fingerprint density at radius 2 is 2.12 bits per heavy atom. The van der Waals surface area contributed by atoms with Gasteiger partial charge in [-0.3, -0.25) is 10.2 Å². The molecular weight excluding hydrogens is 135 g/mol. The van der Waals surface area contributed by atoms with Crippen molar-refractivity contribution in [1.29, 1.82) is 0 Å². The van der Waals surface area contributed by atoms with Crippen molar-refractivity contribution in [3.05, 3.63) is 0 Å². The van der Waals surface area contributed by atoms with Crippen molar-refractivity contribution in [2.45, 2.75) is 6.42 Å². The summed E-state index contributed by atoms with van der Waals surface area (Å²) >= 11 is 0. The molecule has 1 aliphatic heterocycles. The molecule has 0 bridgehead atoms. The van der Waals surface area contributed by atoms with E-state index in [0.29, 0.717) is 6.42 Å².